The quantitative estimate of drug-likeness (QED) is 0.615. The van der Waals surface area contributed by atoms with Gasteiger partial charge < -0.3 is 4.74 Å². The largest absolute Gasteiger partial charge is 0.493 e. The molecule has 0 heterocycles. The van der Waals surface area contributed by atoms with Crippen LogP contribution in [-0.2, 0) is 0 Å². The van der Waals surface area contributed by atoms with E-state index in [-0.39, 0.29) is 17.1 Å². The second-order valence-electron chi connectivity index (χ2n) is 3.17. The van der Waals surface area contributed by atoms with E-state index >= 15 is 0 Å². The molecule has 2 nitrogen and oxygen atoms in total. The second-order valence-corrected chi connectivity index (χ2v) is 4.33. The summed E-state index contributed by atoms with van der Waals surface area (Å²) in [6.45, 7) is 3.47. The van der Waals surface area contributed by atoms with Crippen molar-refractivity contribution in [3.63, 3.8) is 0 Å². The highest BCUT2D eigenvalue weighted by Gasteiger charge is 2.18. The summed E-state index contributed by atoms with van der Waals surface area (Å²) >= 11 is 1.87. The second kappa shape index (κ2) is 5.56. The first-order valence-corrected chi connectivity index (χ1v) is 5.80. The van der Waals surface area contributed by atoms with E-state index in [2.05, 4.69) is 0 Å². The average Bonchev–Trinajstić information content (AvgIpc) is 2.16. The van der Waals surface area contributed by atoms with Gasteiger partial charge >= 0.3 is 0 Å². The molecule has 16 heavy (non-hydrogen) atoms. The molecule has 0 aliphatic carbocycles. The third kappa shape index (κ3) is 2.90. The number of rotatable bonds is 4. The molecule has 0 saturated heterocycles. The molecule has 5 heteroatoms. The van der Waals surface area contributed by atoms with Crippen molar-refractivity contribution in [2.45, 2.75) is 20.3 Å². The van der Waals surface area contributed by atoms with Crippen molar-refractivity contribution in [3.8, 4) is 5.75 Å². The third-order valence-corrected chi connectivity index (χ3v) is 2.83. The highest BCUT2D eigenvalue weighted by atomic mass is 127. The number of ketones is 1. The summed E-state index contributed by atoms with van der Waals surface area (Å²) in [5.41, 5.74) is 0.240. The Hall–Kier alpha value is -0.720. The number of hydrogen-bond acceptors (Lipinski definition) is 2. The van der Waals surface area contributed by atoms with Crippen molar-refractivity contribution in [2.24, 2.45) is 0 Å². The Bertz CT molecular complexity index is 405. The summed E-state index contributed by atoms with van der Waals surface area (Å²) in [6, 6.07) is 2.54. The van der Waals surface area contributed by atoms with E-state index < -0.39 is 6.43 Å². The number of benzene rings is 1. The molecule has 0 spiro atoms. The lowest BCUT2D eigenvalue weighted by Crippen LogP contribution is -2.04. The van der Waals surface area contributed by atoms with Crippen LogP contribution >= 0.6 is 22.6 Å². The van der Waals surface area contributed by atoms with Crippen molar-refractivity contribution in [1.29, 1.82) is 0 Å². The van der Waals surface area contributed by atoms with E-state index in [4.69, 9.17) is 4.74 Å². The van der Waals surface area contributed by atoms with Crippen LogP contribution in [0.1, 0.15) is 36.2 Å². The third-order valence-electron chi connectivity index (χ3n) is 1.98. The predicted octanol–water partition coefficient (Wildman–Crippen LogP) is 3.83. The fraction of sp³-hybridized carbons (Fsp3) is 0.364. The lowest BCUT2D eigenvalue weighted by Gasteiger charge is -2.12. The van der Waals surface area contributed by atoms with Gasteiger partial charge in [0.1, 0.15) is 5.75 Å². The van der Waals surface area contributed by atoms with Gasteiger partial charge in [0.2, 0.25) is 0 Å². The molecule has 88 valence electrons. The van der Waals surface area contributed by atoms with Crippen LogP contribution in [0.2, 0.25) is 0 Å². The van der Waals surface area contributed by atoms with Gasteiger partial charge in [0.15, 0.2) is 5.78 Å². The number of carbonyl (C=O) groups excluding carboxylic acids is 1. The van der Waals surface area contributed by atoms with E-state index in [9.17, 15) is 13.6 Å². The van der Waals surface area contributed by atoms with Crippen LogP contribution in [-0.4, -0.2) is 12.4 Å². The van der Waals surface area contributed by atoms with Crippen molar-refractivity contribution < 1.29 is 18.3 Å². The molecule has 0 unspecified atom stereocenters. The van der Waals surface area contributed by atoms with Gasteiger partial charge in [-0.05, 0) is 48.6 Å². The molecular weight excluding hydrogens is 329 g/mol. The smallest absolute Gasteiger partial charge is 0.264 e. The molecule has 1 aromatic carbocycles. The van der Waals surface area contributed by atoms with Gasteiger partial charge in [-0.1, -0.05) is 0 Å². The molecule has 1 rings (SSSR count). The zero-order valence-electron chi connectivity index (χ0n) is 8.89. The Kier molecular flexibility index (Phi) is 4.64. The van der Waals surface area contributed by atoms with Crippen LogP contribution in [0.3, 0.4) is 0 Å². The van der Waals surface area contributed by atoms with Gasteiger partial charge in [0, 0.05) is 9.13 Å². The number of halogens is 3. The van der Waals surface area contributed by atoms with E-state index in [1.165, 1.54) is 19.1 Å². The summed E-state index contributed by atoms with van der Waals surface area (Å²) in [5, 5.41) is 0. The van der Waals surface area contributed by atoms with Crippen molar-refractivity contribution in [2.75, 3.05) is 6.61 Å². The highest BCUT2D eigenvalue weighted by Crippen LogP contribution is 2.31. The SMILES string of the molecule is CCOc1cc(C(F)F)cc(I)c1C(C)=O. The topological polar surface area (TPSA) is 26.3 Å². The van der Waals surface area contributed by atoms with Crippen LogP contribution in [0.5, 0.6) is 5.75 Å². The standard InChI is InChI=1S/C11H11F2IO2/c1-3-16-9-5-7(11(12)13)4-8(14)10(9)6(2)15/h4-5,11H,3H2,1-2H3. The van der Waals surface area contributed by atoms with E-state index in [1.807, 2.05) is 22.6 Å². The Morgan fingerprint density at radius 2 is 2.12 bits per heavy atom. The molecular formula is C11H11F2IO2. The van der Waals surface area contributed by atoms with Crippen molar-refractivity contribution >= 4 is 28.4 Å². The minimum atomic E-state index is -2.56. The van der Waals surface area contributed by atoms with Gasteiger partial charge in [-0.15, -0.1) is 0 Å². The van der Waals surface area contributed by atoms with Gasteiger partial charge in [-0.3, -0.25) is 4.79 Å². The van der Waals surface area contributed by atoms with Gasteiger partial charge in [0.25, 0.3) is 6.43 Å². The molecule has 0 fully saturated rings. The fourth-order valence-electron chi connectivity index (χ4n) is 1.34. The summed E-state index contributed by atoms with van der Waals surface area (Å²) < 4.78 is 30.8. The van der Waals surface area contributed by atoms with E-state index in [1.54, 1.807) is 6.92 Å². The zero-order chi connectivity index (χ0) is 12.3. The maximum Gasteiger partial charge on any atom is 0.264 e. The molecule has 0 atom stereocenters. The maximum atomic E-state index is 12.6. The van der Waals surface area contributed by atoms with Gasteiger partial charge in [-0.2, -0.15) is 0 Å². The minimum absolute atomic E-state index is 0.127. The maximum absolute atomic E-state index is 12.6. The first-order valence-electron chi connectivity index (χ1n) is 4.72. The molecule has 0 aliphatic rings. The Morgan fingerprint density at radius 1 is 1.50 bits per heavy atom. The summed E-state index contributed by atoms with van der Waals surface area (Å²) in [5.74, 6) is 0.0471. The summed E-state index contributed by atoms with van der Waals surface area (Å²) in [7, 11) is 0. The lowest BCUT2D eigenvalue weighted by molar-refractivity contribution is 0.101. The number of Topliss-reactive ketones (excluding diaryl/α,β-unsaturated/α-hetero) is 1. The minimum Gasteiger partial charge on any atom is -0.493 e. The van der Waals surface area contributed by atoms with Crippen LogP contribution in [0.4, 0.5) is 8.78 Å². The lowest BCUT2D eigenvalue weighted by atomic mass is 10.1. The monoisotopic (exact) mass is 340 g/mol. The molecule has 0 aromatic heterocycles. The predicted molar refractivity (Wildman–Crippen MR) is 65.3 cm³/mol. The fourth-order valence-corrected chi connectivity index (χ4v) is 2.34. The van der Waals surface area contributed by atoms with Crippen LogP contribution in [0, 0.1) is 3.57 Å². The highest BCUT2D eigenvalue weighted by molar-refractivity contribution is 14.1. The Labute approximate surface area is 106 Å². The normalized spacial score (nSPS) is 10.6. The first kappa shape index (κ1) is 13.3. The van der Waals surface area contributed by atoms with Crippen molar-refractivity contribution in [3.05, 3.63) is 26.8 Å². The Balaban J connectivity index is 3.33. The first-order chi connectivity index (χ1) is 7.47. The molecule has 0 bridgehead atoms. The van der Waals surface area contributed by atoms with E-state index in [0.717, 1.165) is 0 Å². The van der Waals surface area contributed by atoms with Crippen LogP contribution in [0.15, 0.2) is 12.1 Å². The number of alkyl halides is 2. The number of carbonyl (C=O) groups is 1. The summed E-state index contributed by atoms with van der Waals surface area (Å²) in [6.07, 6.45) is -2.56. The zero-order valence-corrected chi connectivity index (χ0v) is 11.0. The number of hydrogen-bond donors (Lipinski definition) is 0. The molecule has 0 N–H and O–H groups in total. The molecule has 0 radical (unpaired) electrons. The summed E-state index contributed by atoms with van der Waals surface area (Å²) in [4.78, 5) is 11.4. The van der Waals surface area contributed by atoms with Gasteiger partial charge in [0.05, 0.1) is 12.2 Å². The van der Waals surface area contributed by atoms with Gasteiger partial charge in [-0.25, -0.2) is 8.78 Å². The molecule has 1 aromatic rings. The number of ether oxygens (including phenoxy) is 1. The van der Waals surface area contributed by atoms with E-state index in [0.29, 0.717) is 15.7 Å². The Morgan fingerprint density at radius 3 is 2.56 bits per heavy atom. The van der Waals surface area contributed by atoms with Crippen LogP contribution < -0.4 is 4.74 Å². The van der Waals surface area contributed by atoms with Crippen LogP contribution in [0.25, 0.3) is 0 Å². The molecule has 0 amide bonds. The molecule has 0 aliphatic heterocycles. The van der Waals surface area contributed by atoms with Crippen molar-refractivity contribution in [1.82, 2.24) is 0 Å². The molecule has 0 saturated carbocycles. The average molecular weight is 340 g/mol.